The average Bonchev–Trinajstić information content (AvgIpc) is 2.73. The van der Waals surface area contributed by atoms with Crippen LogP contribution in [0.3, 0.4) is 0 Å². The highest BCUT2D eigenvalue weighted by Gasteiger charge is 2.20. The Kier molecular flexibility index (Phi) is 6.42. The van der Waals surface area contributed by atoms with Gasteiger partial charge in [0, 0.05) is 30.8 Å². The summed E-state index contributed by atoms with van der Waals surface area (Å²) in [5.41, 5.74) is 2.17. The van der Waals surface area contributed by atoms with Gasteiger partial charge in [-0.15, -0.1) is 0 Å². The molecule has 2 N–H and O–H groups in total. The summed E-state index contributed by atoms with van der Waals surface area (Å²) in [5.74, 6) is -0.389. The predicted molar refractivity (Wildman–Crippen MR) is 110 cm³/mol. The van der Waals surface area contributed by atoms with E-state index >= 15 is 0 Å². The molecule has 0 unspecified atom stereocenters. The predicted octanol–water partition coefficient (Wildman–Crippen LogP) is 3.60. The number of carbonyl (C=O) groups is 3. The van der Waals surface area contributed by atoms with Gasteiger partial charge in [0.2, 0.25) is 5.91 Å². The Balaban J connectivity index is 1.71. The van der Waals surface area contributed by atoms with Gasteiger partial charge in [0.1, 0.15) is 0 Å². The molecule has 1 saturated heterocycles. The van der Waals surface area contributed by atoms with Crippen molar-refractivity contribution >= 4 is 29.1 Å². The summed E-state index contributed by atoms with van der Waals surface area (Å²) in [6, 6.07) is 13.9. The van der Waals surface area contributed by atoms with E-state index in [-0.39, 0.29) is 17.7 Å². The van der Waals surface area contributed by atoms with Gasteiger partial charge in [-0.25, -0.2) is 0 Å². The standard InChI is InChI=1S/C22H25N3O3/c1-2-14-23-22(28)18-7-3-4-8-19(18)24-21(27)16-10-12-17(13-11-16)25-15-6-5-9-20(25)26/h3-4,7-8,10-13H,2,5-6,9,14-15H2,1H3,(H,23,28)(H,24,27). The smallest absolute Gasteiger partial charge is 0.255 e. The van der Waals surface area contributed by atoms with Crippen LogP contribution in [-0.4, -0.2) is 30.8 Å². The molecule has 0 spiro atoms. The zero-order valence-electron chi connectivity index (χ0n) is 16.0. The molecule has 1 fully saturated rings. The molecule has 28 heavy (non-hydrogen) atoms. The summed E-state index contributed by atoms with van der Waals surface area (Å²) in [4.78, 5) is 38.7. The molecular weight excluding hydrogens is 354 g/mol. The summed E-state index contributed by atoms with van der Waals surface area (Å²) in [6.07, 6.45) is 3.33. The van der Waals surface area contributed by atoms with Gasteiger partial charge in [0.25, 0.3) is 11.8 Å². The lowest BCUT2D eigenvalue weighted by molar-refractivity contribution is -0.119. The first-order valence-corrected chi connectivity index (χ1v) is 9.69. The Labute approximate surface area is 164 Å². The number of benzene rings is 2. The molecule has 1 aliphatic heterocycles. The van der Waals surface area contributed by atoms with E-state index in [0.717, 1.165) is 24.9 Å². The second-order valence-electron chi connectivity index (χ2n) is 6.80. The Morgan fingerprint density at radius 3 is 2.46 bits per heavy atom. The minimum atomic E-state index is -0.299. The second-order valence-corrected chi connectivity index (χ2v) is 6.80. The molecule has 0 bridgehead atoms. The van der Waals surface area contributed by atoms with Gasteiger partial charge in [0.15, 0.2) is 0 Å². The third-order valence-corrected chi connectivity index (χ3v) is 4.72. The van der Waals surface area contributed by atoms with Gasteiger partial charge in [0.05, 0.1) is 11.3 Å². The number of hydrogen-bond donors (Lipinski definition) is 2. The van der Waals surface area contributed by atoms with Crippen molar-refractivity contribution in [3.8, 4) is 0 Å². The van der Waals surface area contributed by atoms with Crippen LogP contribution in [0.1, 0.15) is 53.3 Å². The molecule has 1 heterocycles. The van der Waals surface area contributed by atoms with Crippen molar-refractivity contribution in [1.82, 2.24) is 5.32 Å². The van der Waals surface area contributed by atoms with Gasteiger partial charge in [-0.2, -0.15) is 0 Å². The van der Waals surface area contributed by atoms with Gasteiger partial charge in [-0.1, -0.05) is 19.1 Å². The van der Waals surface area contributed by atoms with E-state index in [9.17, 15) is 14.4 Å². The van der Waals surface area contributed by atoms with E-state index in [4.69, 9.17) is 0 Å². The number of nitrogens with one attached hydrogen (secondary N) is 2. The molecule has 146 valence electrons. The Morgan fingerprint density at radius 1 is 1.00 bits per heavy atom. The van der Waals surface area contributed by atoms with Crippen LogP contribution in [-0.2, 0) is 4.79 Å². The maximum absolute atomic E-state index is 12.6. The SMILES string of the molecule is CCCNC(=O)c1ccccc1NC(=O)c1ccc(N2CCCCC2=O)cc1. The highest BCUT2D eigenvalue weighted by atomic mass is 16.2. The minimum Gasteiger partial charge on any atom is -0.352 e. The monoisotopic (exact) mass is 379 g/mol. The number of amides is 3. The molecule has 0 aromatic heterocycles. The Hall–Kier alpha value is -3.15. The summed E-state index contributed by atoms with van der Waals surface area (Å²) in [5, 5.41) is 5.63. The molecular formula is C22H25N3O3. The molecule has 2 aromatic carbocycles. The highest BCUT2D eigenvalue weighted by molar-refractivity contribution is 6.09. The first-order valence-electron chi connectivity index (χ1n) is 9.69. The van der Waals surface area contributed by atoms with E-state index in [1.807, 2.05) is 6.92 Å². The van der Waals surface area contributed by atoms with E-state index in [1.165, 1.54) is 0 Å². The molecule has 1 aliphatic rings. The molecule has 0 atom stereocenters. The molecule has 0 aliphatic carbocycles. The van der Waals surface area contributed by atoms with Crippen LogP contribution in [0.5, 0.6) is 0 Å². The van der Waals surface area contributed by atoms with Crippen LogP contribution in [0.15, 0.2) is 48.5 Å². The molecule has 6 heteroatoms. The highest BCUT2D eigenvalue weighted by Crippen LogP contribution is 2.22. The third kappa shape index (κ3) is 4.57. The number of carbonyl (C=O) groups excluding carboxylic acids is 3. The summed E-state index contributed by atoms with van der Waals surface area (Å²) < 4.78 is 0. The molecule has 6 nitrogen and oxygen atoms in total. The summed E-state index contributed by atoms with van der Waals surface area (Å²) in [7, 11) is 0. The quantitative estimate of drug-likeness (QED) is 0.805. The maximum atomic E-state index is 12.6. The molecule has 0 radical (unpaired) electrons. The van der Waals surface area contributed by atoms with Gasteiger partial charge < -0.3 is 15.5 Å². The van der Waals surface area contributed by atoms with Crippen LogP contribution in [0, 0.1) is 0 Å². The zero-order valence-corrected chi connectivity index (χ0v) is 16.0. The Bertz CT molecular complexity index is 862. The molecule has 2 aromatic rings. The van der Waals surface area contributed by atoms with Crippen LogP contribution in [0.4, 0.5) is 11.4 Å². The van der Waals surface area contributed by atoms with Crippen LogP contribution < -0.4 is 15.5 Å². The maximum Gasteiger partial charge on any atom is 0.255 e. The van der Waals surface area contributed by atoms with Crippen molar-refractivity contribution in [2.24, 2.45) is 0 Å². The van der Waals surface area contributed by atoms with Crippen molar-refractivity contribution < 1.29 is 14.4 Å². The minimum absolute atomic E-state index is 0.121. The van der Waals surface area contributed by atoms with E-state index in [1.54, 1.807) is 53.4 Å². The van der Waals surface area contributed by atoms with E-state index in [2.05, 4.69) is 10.6 Å². The first kappa shape index (κ1) is 19.6. The van der Waals surface area contributed by atoms with Crippen molar-refractivity contribution in [2.75, 3.05) is 23.3 Å². The third-order valence-electron chi connectivity index (χ3n) is 4.72. The number of para-hydroxylation sites is 1. The van der Waals surface area contributed by atoms with Gasteiger partial charge in [-0.05, 0) is 55.7 Å². The van der Waals surface area contributed by atoms with Crippen LogP contribution in [0.2, 0.25) is 0 Å². The fourth-order valence-corrected chi connectivity index (χ4v) is 3.19. The van der Waals surface area contributed by atoms with Crippen LogP contribution in [0.25, 0.3) is 0 Å². The lowest BCUT2D eigenvalue weighted by Crippen LogP contribution is -2.35. The fraction of sp³-hybridized carbons (Fsp3) is 0.318. The van der Waals surface area contributed by atoms with Crippen LogP contribution >= 0.6 is 0 Å². The average molecular weight is 379 g/mol. The molecule has 3 rings (SSSR count). The van der Waals surface area contributed by atoms with Crippen molar-refractivity contribution in [1.29, 1.82) is 0 Å². The lowest BCUT2D eigenvalue weighted by atomic mass is 10.1. The normalized spacial score (nSPS) is 13.9. The number of nitrogens with zero attached hydrogens (tertiary/aromatic N) is 1. The van der Waals surface area contributed by atoms with Crippen molar-refractivity contribution in [2.45, 2.75) is 32.6 Å². The first-order chi connectivity index (χ1) is 13.6. The fourth-order valence-electron chi connectivity index (χ4n) is 3.19. The number of anilines is 2. The van der Waals surface area contributed by atoms with E-state index < -0.39 is 0 Å². The lowest BCUT2D eigenvalue weighted by Gasteiger charge is -2.26. The zero-order chi connectivity index (χ0) is 19.9. The van der Waals surface area contributed by atoms with Crippen molar-refractivity contribution in [3.05, 3.63) is 59.7 Å². The topological polar surface area (TPSA) is 78.5 Å². The van der Waals surface area contributed by atoms with Gasteiger partial charge in [-0.3, -0.25) is 14.4 Å². The van der Waals surface area contributed by atoms with Gasteiger partial charge >= 0.3 is 0 Å². The second kappa shape index (κ2) is 9.17. The number of piperidine rings is 1. The number of hydrogen-bond acceptors (Lipinski definition) is 3. The number of rotatable bonds is 6. The summed E-state index contributed by atoms with van der Waals surface area (Å²) in [6.45, 7) is 3.28. The molecule has 3 amide bonds. The van der Waals surface area contributed by atoms with Crippen molar-refractivity contribution in [3.63, 3.8) is 0 Å². The largest absolute Gasteiger partial charge is 0.352 e. The summed E-state index contributed by atoms with van der Waals surface area (Å²) >= 11 is 0. The Morgan fingerprint density at radius 2 is 1.75 bits per heavy atom. The molecule has 0 saturated carbocycles. The van der Waals surface area contributed by atoms with E-state index in [0.29, 0.717) is 36.3 Å².